The standard InChI is InChI=1S/C14H17BrN2O/c15-14-7-4-8-17(12(14)9-16-13(14)18)10-11-5-2-1-3-6-11/h1-3,5-6,12H,4,7-10H2,(H,16,18). The molecular formula is C14H17BrN2O. The van der Waals surface area contributed by atoms with Crippen molar-refractivity contribution in [3.63, 3.8) is 0 Å². The zero-order valence-electron chi connectivity index (χ0n) is 10.2. The number of nitrogens with one attached hydrogen (secondary N) is 1. The highest BCUT2D eigenvalue weighted by Gasteiger charge is 2.52. The topological polar surface area (TPSA) is 32.3 Å². The van der Waals surface area contributed by atoms with Gasteiger partial charge >= 0.3 is 0 Å². The van der Waals surface area contributed by atoms with Gasteiger partial charge in [-0.15, -0.1) is 0 Å². The average Bonchev–Trinajstić information content (AvgIpc) is 2.68. The van der Waals surface area contributed by atoms with Crippen molar-refractivity contribution in [3.05, 3.63) is 35.9 Å². The molecule has 0 aliphatic carbocycles. The number of carbonyl (C=O) groups excluding carboxylic acids is 1. The Labute approximate surface area is 116 Å². The van der Waals surface area contributed by atoms with Crippen molar-refractivity contribution in [1.29, 1.82) is 0 Å². The number of piperidine rings is 1. The summed E-state index contributed by atoms with van der Waals surface area (Å²) in [6.45, 7) is 2.76. The van der Waals surface area contributed by atoms with Crippen LogP contribution in [-0.2, 0) is 11.3 Å². The molecular weight excluding hydrogens is 292 g/mol. The molecule has 18 heavy (non-hydrogen) atoms. The Morgan fingerprint density at radius 3 is 2.94 bits per heavy atom. The van der Waals surface area contributed by atoms with Gasteiger partial charge in [-0.25, -0.2) is 0 Å². The van der Waals surface area contributed by atoms with Gasteiger partial charge in [-0.1, -0.05) is 46.3 Å². The van der Waals surface area contributed by atoms with Crippen LogP contribution < -0.4 is 5.32 Å². The third-order valence-corrected chi connectivity index (χ3v) is 5.30. The number of benzene rings is 1. The Morgan fingerprint density at radius 2 is 2.17 bits per heavy atom. The Hall–Kier alpha value is -0.870. The van der Waals surface area contributed by atoms with Crippen LogP contribution in [0.3, 0.4) is 0 Å². The maximum Gasteiger partial charge on any atom is 0.238 e. The van der Waals surface area contributed by atoms with Gasteiger partial charge in [0.05, 0.1) is 6.04 Å². The second kappa shape index (κ2) is 4.67. The molecule has 2 aliphatic heterocycles. The van der Waals surface area contributed by atoms with Crippen molar-refractivity contribution in [2.45, 2.75) is 29.8 Å². The molecule has 1 aromatic carbocycles. The fourth-order valence-corrected chi connectivity index (χ4v) is 3.92. The quantitative estimate of drug-likeness (QED) is 0.847. The first-order chi connectivity index (χ1) is 8.70. The normalized spacial score (nSPS) is 32.1. The lowest BCUT2D eigenvalue weighted by Crippen LogP contribution is -2.53. The van der Waals surface area contributed by atoms with Crippen LogP contribution in [0.4, 0.5) is 0 Å². The van der Waals surface area contributed by atoms with Gasteiger partial charge in [-0.2, -0.15) is 0 Å². The molecule has 2 heterocycles. The van der Waals surface area contributed by atoms with Crippen LogP contribution in [0.2, 0.25) is 0 Å². The molecule has 1 amide bonds. The molecule has 2 fully saturated rings. The molecule has 2 unspecified atom stereocenters. The van der Waals surface area contributed by atoms with Crippen molar-refractivity contribution in [3.8, 4) is 0 Å². The molecule has 2 atom stereocenters. The fraction of sp³-hybridized carbons (Fsp3) is 0.500. The van der Waals surface area contributed by atoms with E-state index in [9.17, 15) is 4.79 Å². The van der Waals surface area contributed by atoms with Gasteiger partial charge in [0.25, 0.3) is 0 Å². The first-order valence-electron chi connectivity index (χ1n) is 6.45. The van der Waals surface area contributed by atoms with Crippen molar-refractivity contribution in [2.24, 2.45) is 0 Å². The number of hydrogen-bond acceptors (Lipinski definition) is 2. The van der Waals surface area contributed by atoms with Gasteiger partial charge in [-0.05, 0) is 24.9 Å². The summed E-state index contributed by atoms with van der Waals surface area (Å²) in [5, 5.41) is 2.99. The third-order valence-electron chi connectivity index (χ3n) is 4.02. The molecule has 0 bridgehead atoms. The first-order valence-corrected chi connectivity index (χ1v) is 7.25. The minimum atomic E-state index is -0.361. The predicted molar refractivity (Wildman–Crippen MR) is 74.5 cm³/mol. The van der Waals surface area contributed by atoms with Gasteiger partial charge in [0.15, 0.2) is 0 Å². The molecule has 0 saturated carbocycles. The summed E-state index contributed by atoms with van der Waals surface area (Å²) in [7, 11) is 0. The molecule has 1 N–H and O–H groups in total. The molecule has 0 radical (unpaired) electrons. The Morgan fingerprint density at radius 1 is 1.39 bits per heavy atom. The highest BCUT2D eigenvalue weighted by molar-refractivity contribution is 9.10. The van der Waals surface area contributed by atoms with Crippen molar-refractivity contribution in [2.75, 3.05) is 13.1 Å². The zero-order chi connectivity index (χ0) is 12.6. The second-order valence-corrected chi connectivity index (χ2v) is 6.56. The van der Waals surface area contributed by atoms with Crippen LogP contribution in [0.15, 0.2) is 30.3 Å². The number of amides is 1. The van der Waals surface area contributed by atoms with Gasteiger partial charge < -0.3 is 5.32 Å². The average molecular weight is 309 g/mol. The van der Waals surface area contributed by atoms with Crippen LogP contribution in [0.5, 0.6) is 0 Å². The molecule has 0 spiro atoms. The summed E-state index contributed by atoms with van der Waals surface area (Å²) in [5.41, 5.74) is 1.31. The number of alkyl halides is 1. The lowest BCUT2D eigenvalue weighted by molar-refractivity contribution is -0.122. The monoisotopic (exact) mass is 308 g/mol. The zero-order valence-corrected chi connectivity index (χ0v) is 11.8. The number of fused-ring (bicyclic) bond motifs is 1. The van der Waals surface area contributed by atoms with Gasteiger partial charge in [-0.3, -0.25) is 9.69 Å². The summed E-state index contributed by atoms with van der Waals surface area (Å²) < 4.78 is -0.361. The van der Waals surface area contributed by atoms with Crippen molar-refractivity contribution < 1.29 is 4.79 Å². The van der Waals surface area contributed by atoms with E-state index in [1.807, 2.05) is 6.07 Å². The molecule has 2 aliphatic rings. The minimum Gasteiger partial charge on any atom is -0.353 e. The number of halogens is 1. The van der Waals surface area contributed by atoms with Crippen molar-refractivity contribution >= 4 is 21.8 Å². The lowest BCUT2D eigenvalue weighted by atomic mass is 9.91. The molecule has 2 saturated heterocycles. The van der Waals surface area contributed by atoms with Crippen LogP contribution in [-0.4, -0.2) is 34.3 Å². The second-order valence-electron chi connectivity index (χ2n) is 5.15. The number of likely N-dealkylation sites (tertiary alicyclic amines) is 1. The van der Waals surface area contributed by atoms with E-state index < -0.39 is 0 Å². The van der Waals surface area contributed by atoms with Crippen LogP contribution in [0.25, 0.3) is 0 Å². The number of hydrogen-bond donors (Lipinski definition) is 1. The summed E-state index contributed by atoms with van der Waals surface area (Å²) in [6.07, 6.45) is 2.01. The third kappa shape index (κ3) is 1.97. The summed E-state index contributed by atoms with van der Waals surface area (Å²) >= 11 is 3.69. The lowest BCUT2D eigenvalue weighted by Gasteiger charge is -2.40. The minimum absolute atomic E-state index is 0.158. The highest BCUT2D eigenvalue weighted by Crippen LogP contribution is 2.39. The molecule has 3 rings (SSSR count). The predicted octanol–water partition coefficient (Wildman–Crippen LogP) is 1.91. The first kappa shape index (κ1) is 12.2. The fourth-order valence-electron chi connectivity index (χ4n) is 3.05. The van der Waals surface area contributed by atoms with E-state index in [1.54, 1.807) is 0 Å². The van der Waals surface area contributed by atoms with Crippen LogP contribution in [0.1, 0.15) is 18.4 Å². The van der Waals surface area contributed by atoms with Gasteiger partial charge in [0.2, 0.25) is 5.91 Å². The molecule has 96 valence electrons. The molecule has 3 nitrogen and oxygen atoms in total. The van der Waals surface area contributed by atoms with E-state index in [4.69, 9.17) is 0 Å². The van der Waals surface area contributed by atoms with E-state index in [1.165, 1.54) is 5.56 Å². The Balaban J connectivity index is 1.79. The van der Waals surface area contributed by atoms with Crippen molar-refractivity contribution in [1.82, 2.24) is 10.2 Å². The van der Waals surface area contributed by atoms with E-state index >= 15 is 0 Å². The van der Waals surface area contributed by atoms with E-state index in [0.29, 0.717) is 0 Å². The van der Waals surface area contributed by atoms with E-state index in [2.05, 4.69) is 50.4 Å². The van der Waals surface area contributed by atoms with Gasteiger partial charge in [0, 0.05) is 13.1 Å². The summed E-state index contributed by atoms with van der Waals surface area (Å²) in [6, 6.07) is 10.7. The maximum atomic E-state index is 11.9. The summed E-state index contributed by atoms with van der Waals surface area (Å²) in [5.74, 6) is 0.158. The number of nitrogens with zero attached hydrogens (tertiary/aromatic N) is 1. The van der Waals surface area contributed by atoms with Crippen LogP contribution in [0, 0.1) is 0 Å². The van der Waals surface area contributed by atoms with Gasteiger partial charge in [0.1, 0.15) is 4.32 Å². The SMILES string of the molecule is O=C1NCC2N(Cc3ccccc3)CCCC12Br. The smallest absolute Gasteiger partial charge is 0.238 e. The maximum absolute atomic E-state index is 11.9. The molecule has 0 aromatic heterocycles. The number of rotatable bonds is 2. The van der Waals surface area contributed by atoms with E-state index in [-0.39, 0.29) is 16.3 Å². The summed E-state index contributed by atoms with van der Waals surface area (Å²) in [4.78, 5) is 14.4. The number of carbonyl (C=O) groups is 1. The Bertz CT molecular complexity index is 450. The Kier molecular flexibility index (Phi) is 3.16. The van der Waals surface area contributed by atoms with E-state index in [0.717, 1.165) is 32.5 Å². The highest BCUT2D eigenvalue weighted by atomic mass is 79.9. The molecule has 1 aromatic rings. The largest absolute Gasteiger partial charge is 0.353 e. The van der Waals surface area contributed by atoms with Crippen LogP contribution >= 0.6 is 15.9 Å². The molecule has 4 heteroatoms.